The number of aromatic nitrogens is 1. The fourth-order valence-electron chi connectivity index (χ4n) is 3.91. The van der Waals surface area contributed by atoms with E-state index >= 15 is 0 Å². The molecule has 0 unspecified atom stereocenters. The maximum absolute atomic E-state index is 14.0. The maximum Gasteiger partial charge on any atom is 0.337 e. The van der Waals surface area contributed by atoms with Crippen LogP contribution in [0.5, 0.6) is 5.75 Å². The Kier molecular flexibility index (Phi) is 6.05. The number of carboxylic acid groups (broad SMARTS) is 1. The molecule has 0 aliphatic heterocycles. The summed E-state index contributed by atoms with van der Waals surface area (Å²) >= 11 is 6.29. The Labute approximate surface area is 185 Å². The second-order valence-corrected chi connectivity index (χ2v) is 7.93. The second-order valence-electron chi connectivity index (χ2n) is 7.49. The molecule has 1 heterocycles. The zero-order chi connectivity index (χ0) is 22.0. The predicted octanol–water partition coefficient (Wildman–Crippen LogP) is 6.55. The molecule has 0 saturated carbocycles. The molecule has 4 rings (SSSR count). The van der Waals surface area contributed by atoms with Crippen LogP contribution in [0.2, 0.25) is 5.02 Å². The summed E-state index contributed by atoms with van der Waals surface area (Å²) in [5, 5.41) is 10.0. The molecule has 4 nitrogen and oxygen atoms in total. The van der Waals surface area contributed by atoms with Gasteiger partial charge < -0.3 is 9.84 Å². The number of aryl methyl sites for hydroxylation is 1. The van der Waals surface area contributed by atoms with Gasteiger partial charge in [-0.05, 0) is 73.2 Å². The third-order valence-electron chi connectivity index (χ3n) is 5.49. The third kappa shape index (κ3) is 4.47. The van der Waals surface area contributed by atoms with E-state index in [2.05, 4.69) is 4.98 Å². The molecule has 2 aromatic carbocycles. The van der Waals surface area contributed by atoms with E-state index in [1.165, 1.54) is 6.07 Å². The van der Waals surface area contributed by atoms with Crippen molar-refractivity contribution in [3.63, 3.8) is 0 Å². The number of ether oxygens (including phenoxy) is 1. The highest BCUT2D eigenvalue weighted by Gasteiger charge is 2.22. The van der Waals surface area contributed by atoms with Crippen molar-refractivity contribution in [3.8, 4) is 5.75 Å². The molecule has 0 spiro atoms. The summed E-state index contributed by atoms with van der Waals surface area (Å²) in [5.41, 5.74) is 4.86. The van der Waals surface area contributed by atoms with Gasteiger partial charge in [-0.2, -0.15) is 0 Å². The number of carboxylic acids is 1. The zero-order valence-electron chi connectivity index (χ0n) is 17.0. The minimum Gasteiger partial charge on any atom is -0.488 e. The van der Waals surface area contributed by atoms with Crippen LogP contribution in [-0.4, -0.2) is 16.1 Å². The highest BCUT2D eigenvalue weighted by molar-refractivity contribution is 6.30. The lowest BCUT2D eigenvalue weighted by atomic mass is 9.96. The number of hydrogen-bond acceptors (Lipinski definition) is 3. The smallest absolute Gasteiger partial charge is 0.337 e. The van der Waals surface area contributed by atoms with Crippen LogP contribution in [0.1, 0.15) is 52.0 Å². The number of benzene rings is 2. The molecule has 0 fully saturated rings. The van der Waals surface area contributed by atoms with Crippen LogP contribution in [-0.2, 0) is 6.61 Å². The van der Waals surface area contributed by atoms with Crippen LogP contribution in [0.15, 0.2) is 54.7 Å². The number of aromatic carboxylic acids is 1. The maximum atomic E-state index is 14.0. The molecule has 1 aliphatic rings. The topological polar surface area (TPSA) is 59.4 Å². The minimum atomic E-state index is -0.997. The molecule has 31 heavy (non-hydrogen) atoms. The zero-order valence-corrected chi connectivity index (χ0v) is 17.7. The molecular weight excluding hydrogens is 417 g/mol. The summed E-state index contributed by atoms with van der Waals surface area (Å²) in [6, 6.07) is 13.6. The van der Waals surface area contributed by atoms with Crippen molar-refractivity contribution in [2.24, 2.45) is 0 Å². The summed E-state index contributed by atoms with van der Waals surface area (Å²) in [4.78, 5) is 15.8. The Bertz CT molecular complexity index is 1190. The standard InChI is InChI=1S/C25H21ClFNO3/c1-15-21(25(29)30)11-17(13-28-15)19-6-4-7-20(19)22-12-18(26)9-10-24(22)31-14-16-5-2-3-8-23(16)27/h2-3,5,8-13H,4,6-7,14H2,1H3,(H,29,30). The van der Waals surface area contributed by atoms with Gasteiger partial charge in [-0.1, -0.05) is 29.8 Å². The van der Waals surface area contributed by atoms with Crippen molar-refractivity contribution in [3.05, 3.63) is 93.5 Å². The van der Waals surface area contributed by atoms with Gasteiger partial charge in [-0.15, -0.1) is 0 Å². The molecular formula is C25H21ClFNO3. The van der Waals surface area contributed by atoms with Crippen molar-refractivity contribution in [1.82, 2.24) is 4.98 Å². The molecule has 158 valence electrons. The molecule has 0 atom stereocenters. The van der Waals surface area contributed by atoms with Gasteiger partial charge in [0.2, 0.25) is 0 Å². The van der Waals surface area contributed by atoms with Crippen molar-refractivity contribution < 1.29 is 19.0 Å². The van der Waals surface area contributed by atoms with Crippen molar-refractivity contribution in [2.45, 2.75) is 32.8 Å². The number of allylic oxidation sites excluding steroid dienone is 2. The first-order valence-corrected chi connectivity index (χ1v) is 10.4. The fraction of sp³-hybridized carbons (Fsp3) is 0.200. The van der Waals surface area contributed by atoms with E-state index in [1.807, 2.05) is 6.07 Å². The van der Waals surface area contributed by atoms with E-state index in [0.29, 0.717) is 22.0 Å². The lowest BCUT2D eigenvalue weighted by Gasteiger charge is -2.16. The number of halogens is 2. The average molecular weight is 438 g/mol. The van der Waals surface area contributed by atoms with Crippen molar-refractivity contribution >= 4 is 28.7 Å². The molecule has 6 heteroatoms. The summed E-state index contributed by atoms with van der Waals surface area (Å²) in [5.74, 6) is -0.699. The fourth-order valence-corrected chi connectivity index (χ4v) is 4.08. The third-order valence-corrected chi connectivity index (χ3v) is 5.73. The van der Waals surface area contributed by atoms with Crippen molar-refractivity contribution in [2.75, 3.05) is 0 Å². The van der Waals surface area contributed by atoms with E-state index in [1.54, 1.807) is 49.5 Å². The lowest BCUT2D eigenvalue weighted by Crippen LogP contribution is -2.03. The van der Waals surface area contributed by atoms with Crippen LogP contribution < -0.4 is 4.74 Å². The van der Waals surface area contributed by atoms with Gasteiger partial charge in [0, 0.05) is 22.3 Å². The summed E-state index contributed by atoms with van der Waals surface area (Å²) in [7, 11) is 0. The van der Waals surface area contributed by atoms with E-state index in [4.69, 9.17) is 16.3 Å². The summed E-state index contributed by atoms with van der Waals surface area (Å²) in [6.45, 7) is 1.78. The first kappa shape index (κ1) is 21.1. The quantitative estimate of drug-likeness (QED) is 0.474. The van der Waals surface area contributed by atoms with Gasteiger partial charge >= 0.3 is 5.97 Å². The largest absolute Gasteiger partial charge is 0.488 e. The monoisotopic (exact) mass is 437 g/mol. The lowest BCUT2D eigenvalue weighted by molar-refractivity contribution is 0.0695. The van der Waals surface area contributed by atoms with E-state index in [-0.39, 0.29) is 18.0 Å². The number of pyridine rings is 1. The van der Waals surface area contributed by atoms with Crippen LogP contribution in [0.4, 0.5) is 4.39 Å². The van der Waals surface area contributed by atoms with Gasteiger partial charge in [0.15, 0.2) is 0 Å². The number of nitrogens with zero attached hydrogens (tertiary/aromatic N) is 1. The van der Waals surface area contributed by atoms with E-state index < -0.39 is 5.97 Å². The van der Waals surface area contributed by atoms with Crippen LogP contribution in [0.3, 0.4) is 0 Å². The van der Waals surface area contributed by atoms with Gasteiger partial charge in [-0.25, -0.2) is 9.18 Å². The Morgan fingerprint density at radius 2 is 1.94 bits per heavy atom. The van der Waals surface area contributed by atoms with E-state index in [9.17, 15) is 14.3 Å². The molecule has 1 N–H and O–H groups in total. The molecule has 0 radical (unpaired) electrons. The Balaban J connectivity index is 1.74. The summed E-state index contributed by atoms with van der Waals surface area (Å²) in [6.07, 6.45) is 4.26. The van der Waals surface area contributed by atoms with Gasteiger partial charge in [0.05, 0.1) is 11.3 Å². The van der Waals surface area contributed by atoms with Crippen LogP contribution >= 0.6 is 11.6 Å². The van der Waals surface area contributed by atoms with Gasteiger partial charge in [0.1, 0.15) is 18.2 Å². The van der Waals surface area contributed by atoms with E-state index in [0.717, 1.165) is 41.5 Å². The minimum absolute atomic E-state index is 0.0964. The predicted molar refractivity (Wildman–Crippen MR) is 119 cm³/mol. The molecule has 0 bridgehead atoms. The SMILES string of the molecule is Cc1ncc(C2=C(c3cc(Cl)ccc3OCc3ccccc3F)CCC2)cc1C(=O)O. The van der Waals surface area contributed by atoms with Crippen LogP contribution in [0.25, 0.3) is 11.1 Å². The molecule has 0 amide bonds. The Morgan fingerprint density at radius 3 is 2.71 bits per heavy atom. The Hall–Kier alpha value is -3.18. The summed E-state index contributed by atoms with van der Waals surface area (Å²) < 4.78 is 20.0. The van der Waals surface area contributed by atoms with Gasteiger partial charge in [-0.3, -0.25) is 4.98 Å². The average Bonchev–Trinajstić information content (AvgIpc) is 3.23. The molecule has 0 saturated heterocycles. The number of rotatable bonds is 6. The highest BCUT2D eigenvalue weighted by Crippen LogP contribution is 2.43. The van der Waals surface area contributed by atoms with Crippen LogP contribution in [0, 0.1) is 12.7 Å². The Morgan fingerprint density at radius 1 is 1.16 bits per heavy atom. The number of hydrogen-bond donors (Lipinski definition) is 1. The molecule has 1 aliphatic carbocycles. The molecule has 3 aromatic rings. The number of carbonyl (C=O) groups is 1. The second kappa shape index (κ2) is 8.90. The highest BCUT2D eigenvalue weighted by atomic mass is 35.5. The van der Waals surface area contributed by atoms with Crippen molar-refractivity contribution in [1.29, 1.82) is 0 Å². The first-order chi connectivity index (χ1) is 14.9. The normalized spacial score (nSPS) is 13.5. The molecule has 1 aromatic heterocycles. The first-order valence-electron chi connectivity index (χ1n) is 10.0. The van der Waals surface area contributed by atoms with Gasteiger partial charge in [0.25, 0.3) is 0 Å².